The molecule has 1 spiro atoms. The number of ether oxygens (including phenoxy) is 2. The molecular weight excluding hydrogens is 388 g/mol. The van der Waals surface area contributed by atoms with Crippen molar-refractivity contribution >= 4 is 23.3 Å². The molecule has 2 saturated heterocycles. The van der Waals surface area contributed by atoms with Crippen LogP contribution in [0.1, 0.15) is 18.9 Å². The Morgan fingerprint density at radius 1 is 1.37 bits per heavy atom. The first-order chi connectivity index (χ1) is 14.4. The predicted octanol–water partition coefficient (Wildman–Crippen LogP) is 1.17. The Hall–Kier alpha value is -2.55. The van der Waals surface area contributed by atoms with Gasteiger partial charge in [-0.2, -0.15) is 5.06 Å². The summed E-state index contributed by atoms with van der Waals surface area (Å²) >= 11 is 0. The monoisotopic (exact) mass is 412 g/mol. The number of amides is 1. The minimum Gasteiger partial charge on any atom is -0.466 e. The Morgan fingerprint density at radius 3 is 2.87 bits per heavy atom. The van der Waals surface area contributed by atoms with Crippen molar-refractivity contribution in [2.24, 2.45) is 16.8 Å². The smallest absolute Gasteiger partial charge is 0.330 e. The number of allylic oxidation sites excluding steroid dienone is 1. The second-order valence-electron chi connectivity index (χ2n) is 8.34. The Morgan fingerprint density at radius 2 is 2.13 bits per heavy atom. The zero-order chi connectivity index (χ0) is 21.2. The van der Waals surface area contributed by atoms with Crippen LogP contribution in [0.15, 0.2) is 40.9 Å². The molecule has 6 atom stereocenters. The van der Waals surface area contributed by atoms with Crippen LogP contribution in [-0.4, -0.2) is 61.8 Å². The molecule has 0 radical (unpaired) electrons. The van der Waals surface area contributed by atoms with E-state index in [1.165, 1.54) is 25.4 Å². The fourth-order valence-electron chi connectivity index (χ4n) is 5.77. The van der Waals surface area contributed by atoms with Gasteiger partial charge in [0.25, 0.3) is 5.91 Å². The number of fused-ring (bicyclic) bond motifs is 2. The van der Waals surface area contributed by atoms with Crippen molar-refractivity contribution < 1.29 is 29.0 Å². The summed E-state index contributed by atoms with van der Waals surface area (Å²) in [6.07, 6.45) is 0.148. The molecule has 1 amide bonds. The highest BCUT2D eigenvalue weighted by atomic mass is 16.7. The maximum atomic E-state index is 13.6. The van der Waals surface area contributed by atoms with E-state index in [0.29, 0.717) is 30.0 Å². The van der Waals surface area contributed by atoms with Gasteiger partial charge in [-0.25, -0.2) is 4.79 Å². The van der Waals surface area contributed by atoms with Crippen LogP contribution in [0.25, 0.3) is 0 Å². The lowest BCUT2D eigenvalue weighted by Crippen LogP contribution is -2.58. The van der Waals surface area contributed by atoms with Gasteiger partial charge in [0.05, 0.1) is 38.7 Å². The van der Waals surface area contributed by atoms with Gasteiger partial charge in [-0.15, -0.1) is 0 Å². The van der Waals surface area contributed by atoms with E-state index in [0.717, 1.165) is 5.56 Å². The van der Waals surface area contributed by atoms with E-state index in [4.69, 9.17) is 19.3 Å². The number of carbonyl (C=O) groups excluding carboxylic acids is 2. The van der Waals surface area contributed by atoms with Gasteiger partial charge in [0, 0.05) is 23.6 Å². The van der Waals surface area contributed by atoms with Crippen LogP contribution >= 0.6 is 0 Å². The Kier molecular flexibility index (Phi) is 4.36. The topological polar surface area (TPSA) is 97.7 Å². The van der Waals surface area contributed by atoms with Gasteiger partial charge in [-0.05, 0) is 30.5 Å². The summed E-state index contributed by atoms with van der Waals surface area (Å²) in [5, 5.41) is 12.7. The van der Waals surface area contributed by atoms with Crippen molar-refractivity contribution in [3.63, 3.8) is 0 Å². The number of carbonyl (C=O) groups is 2. The predicted molar refractivity (Wildman–Crippen MR) is 107 cm³/mol. The number of para-hydroxylation sites is 1. The normalized spacial score (nSPS) is 36.7. The van der Waals surface area contributed by atoms with Gasteiger partial charge in [-0.1, -0.05) is 18.2 Å². The van der Waals surface area contributed by atoms with E-state index in [2.05, 4.69) is 0 Å². The van der Waals surface area contributed by atoms with Crippen molar-refractivity contribution in [2.45, 2.75) is 37.0 Å². The van der Waals surface area contributed by atoms with Crippen molar-refractivity contribution in [3.05, 3.63) is 41.5 Å². The highest BCUT2D eigenvalue weighted by molar-refractivity contribution is 6.09. The number of anilines is 1. The fraction of sp³-hybridized carbons (Fsp3) is 0.500. The summed E-state index contributed by atoms with van der Waals surface area (Å²) < 4.78 is 10.9. The first kappa shape index (κ1) is 19.4. The van der Waals surface area contributed by atoms with Crippen LogP contribution in [0.2, 0.25) is 0 Å². The van der Waals surface area contributed by atoms with Crippen LogP contribution in [-0.2, 0) is 29.3 Å². The van der Waals surface area contributed by atoms with Gasteiger partial charge in [0.15, 0.2) is 0 Å². The zero-order valence-corrected chi connectivity index (χ0v) is 17.1. The molecule has 0 unspecified atom stereocenters. The third-order valence-corrected chi connectivity index (χ3v) is 7.03. The molecule has 3 fully saturated rings. The maximum Gasteiger partial charge on any atom is 0.330 e. The number of methoxy groups -OCH3 is 1. The Bertz CT molecular complexity index is 988. The maximum absolute atomic E-state index is 13.6. The molecule has 8 nitrogen and oxygen atoms in total. The molecule has 5 aliphatic rings. The molecule has 158 valence electrons. The van der Waals surface area contributed by atoms with E-state index in [1.54, 1.807) is 6.92 Å². The molecule has 6 rings (SSSR count). The van der Waals surface area contributed by atoms with Gasteiger partial charge in [0.2, 0.25) is 0 Å². The lowest BCUT2D eigenvalue weighted by Gasteiger charge is -2.42. The lowest BCUT2D eigenvalue weighted by molar-refractivity contribution is -0.152. The molecule has 30 heavy (non-hydrogen) atoms. The minimum absolute atomic E-state index is 0.0526. The average Bonchev–Trinajstić information content (AvgIpc) is 3.13. The molecule has 4 bridgehead atoms. The van der Waals surface area contributed by atoms with Gasteiger partial charge >= 0.3 is 5.97 Å². The molecule has 1 aliphatic carbocycles. The summed E-state index contributed by atoms with van der Waals surface area (Å²) in [4.78, 5) is 35.6. The van der Waals surface area contributed by atoms with Gasteiger partial charge < -0.3 is 14.6 Å². The van der Waals surface area contributed by atoms with Crippen molar-refractivity contribution in [1.29, 1.82) is 0 Å². The summed E-state index contributed by atoms with van der Waals surface area (Å²) in [7, 11) is 2.79. The summed E-state index contributed by atoms with van der Waals surface area (Å²) in [6, 6.07) is 7.27. The second-order valence-corrected chi connectivity index (χ2v) is 8.34. The summed E-state index contributed by atoms with van der Waals surface area (Å²) in [6.45, 7) is 2.20. The SMILES string of the molecule is COC(=O)/C=C(\C)C1=N[C@H]2C[C@@]3(C(=O)N(OC)c4ccccc43)[C@@H]3OC[C@H]2[C@H]1[C@@H]3O. The third-order valence-electron chi connectivity index (χ3n) is 7.03. The zero-order valence-electron chi connectivity index (χ0n) is 17.1. The number of aliphatic hydroxyl groups excluding tert-OH is 1. The average molecular weight is 412 g/mol. The standard InChI is InChI=1S/C22H24N2O6/c1-11(8-16(25)28-2)18-17-12-10-30-20(19(17)26)22(9-14(12)23-18)13-6-4-5-7-15(13)24(29-3)21(22)27/h4-8,12,14,17,19-20,26H,9-10H2,1-3H3/b11-8+/t12-,14+,17-,19+,20-,22+/m1/s1. The lowest BCUT2D eigenvalue weighted by atomic mass is 9.70. The molecule has 1 saturated carbocycles. The first-order valence-corrected chi connectivity index (χ1v) is 10.1. The van der Waals surface area contributed by atoms with Crippen molar-refractivity contribution in [1.82, 2.24) is 0 Å². The molecule has 0 aromatic heterocycles. The summed E-state index contributed by atoms with van der Waals surface area (Å²) in [5.41, 5.74) is 1.79. The number of nitrogens with zero attached hydrogens (tertiary/aromatic N) is 2. The van der Waals surface area contributed by atoms with E-state index in [1.807, 2.05) is 24.3 Å². The number of aliphatic hydroxyl groups is 1. The van der Waals surface area contributed by atoms with Crippen molar-refractivity contribution in [2.75, 3.05) is 25.9 Å². The van der Waals surface area contributed by atoms with Crippen LogP contribution in [0.4, 0.5) is 5.69 Å². The Labute approximate surface area is 174 Å². The van der Waals surface area contributed by atoms with E-state index in [9.17, 15) is 14.7 Å². The molecule has 8 heteroatoms. The third kappa shape index (κ3) is 2.35. The molecular formula is C22H24N2O6. The fourth-order valence-corrected chi connectivity index (χ4v) is 5.77. The molecule has 1 aromatic carbocycles. The second kappa shape index (κ2) is 6.73. The number of benzene rings is 1. The van der Waals surface area contributed by atoms with E-state index >= 15 is 0 Å². The number of esters is 1. The van der Waals surface area contributed by atoms with E-state index < -0.39 is 23.6 Å². The van der Waals surface area contributed by atoms with Gasteiger partial charge in [0.1, 0.15) is 11.5 Å². The van der Waals surface area contributed by atoms with E-state index in [-0.39, 0.29) is 23.8 Å². The summed E-state index contributed by atoms with van der Waals surface area (Å²) in [5.74, 6) is -1.05. The molecule has 1 aromatic rings. The minimum atomic E-state index is -1.06. The van der Waals surface area contributed by atoms with Gasteiger partial charge in [-0.3, -0.25) is 14.6 Å². The number of hydrogen-bond acceptors (Lipinski definition) is 7. The number of rotatable bonds is 3. The molecule has 1 N–H and O–H groups in total. The van der Waals surface area contributed by atoms with Crippen molar-refractivity contribution in [3.8, 4) is 0 Å². The van der Waals surface area contributed by atoms with Crippen LogP contribution in [0, 0.1) is 11.8 Å². The highest BCUT2D eigenvalue weighted by Gasteiger charge is 2.67. The number of hydrogen-bond donors (Lipinski definition) is 1. The Balaban J connectivity index is 1.64. The first-order valence-electron chi connectivity index (χ1n) is 10.1. The quantitative estimate of drug-likeness (QED) is 0.591. The number of aliphatic imine (C=N–C) groups is 1. The highest BCUT2D eigenvalue weighted by Crippen LogP contribution is 2.57. The van der Waals surface area contributed by atoms with Crippen LogP contribution in [0.5, 0.6) is 0 Å². The van der Waals surface area contributed by atoms with Crippen LogP contribution in [0.3, 0.4) is 0 Å². The molecule has 4 aliphatic heterocycles. The number of hydroxylamine groups is 1. The largest absolute Gasteiger partial charge is 0.466 e. The molecule has 4 heterocycles. The van der Waals surface area contributed by atoms with Crippen LogP contribution < -0.4 is 5.06 Å².